The fraction of sp³-hybridized carbons (Fsp3) is 0.462. The molecule has 0 unspecified atom stereocenters. The van der Waals surface area contributed by atoms with Crippen molar-refractivity contribution in [3.8, 4) is 0 Å². The Labute approximate surface area is 138 Å². The quantitative estimate of drug-likeness (QED) is 0.769. The summed E-state index contributed by atoms with van der Waals surface area (Å²) in [6.45, 7) is 5.07. The molecule has 0 atom stereocenters. The number of sulfonamides is 1. The minimum absolute atomic E-state index is 0.0674. The number of rotatable bonds is 7. The maximum Gasteiger partial charge on any atom is 0.240 e. The zero-order valence-electron chi connectivity index (χ0n) is 11.9. The van der Waals surface area contributed by atoms with Crippen molar-refractivity contribution in [1.29, 1.82) is 0 Å². The molecule has 1 N–H and O–H groups in total. The van der Waals surface area contributed by atoms with E-state index in [9.17, 15) is 13.2 Å². The molecule has 8 heteroatoms. The molecule has 0 saturated carbocycles. The maximum absolute atomic E-state index is 12.1. The number of amides is 1. The molecule has 21 heavy (non-hydrogen) atoms. The number of halogens is 2. The lowest BCUT2D eigenvalue weighted by Crippen LogP contribution is -2.34. The molecule has 0 radical (unpaired) electrons. The van der Waals surface area contributed by atoms with Gasteiger partial charge >= 0.3 is 0 Å². The van der Waals surface area contributed by atoms with E-state index in [4.69, 9.17) is 11.6 Å². The van der Waals surface area contributed by atoms with Crippen LogP contribution in [0.5, 0.6) is 0 Å². The van der Waals surface area contributed by atoms with E-state index in [1.54, 1.807) is 4.90 Å². The van der Waals surface area contributed by atoms with Crippen molar-refractivity contribution in [1.82, 2.24) is 9.62 Å². The summed E-state index contributed by atoms with van der Waals surface area (Å²) in [6.07, 6.45) is 0.135. The number of nitrogens with one attached hydrogen (secondary N) is 1. The van der Waals surface area contributed by atoms with Gasteiger partial charge in [-0.1, -0.05) is 11.6 Å². The van der Waals surface area contributed by atoms with Gasteiger partial charge in [0.1, 0.15) is 0 Å². The van der Waals surface area contributed by atoms with Crippen LogP contribution >= 0.6 is 27.5 Å². The number of carbonyl (C=O) groups is 1. The zero-order valence-corrected chi connectivity index (χ0v) is 15.1. The summed E-state index contributed by atoms with van der Waals surface area (Å²) in [4.78, 5) is 13.6. The van der Waals surface area contributed by atoms with Crippen molar-refractivity contribution in [2.75, 3.05) is 19.6 Å². The summed E-state index contributed by atoms with van der Waals surface area (Å²) in [5.74, 6) is -0.0695. The van der Waals surface area contributed by atoms with E-state index in [1.807, 2.05) is 13.8 Å². The third kappa shape index (κ3) is 5.25. The molecule has 0 aliphatic heterocycles. The summed E-state index contributed by atoms with van der Waals surface area (Å²) < 4.78 is 27.1. The molecule has 0 aliphatic carbocycles. The van der Waals surface area contributed by atoms with Crippen LogP contribution in [-0.2, 0) is 14.8 Å². The Morgan fingerprint density at radius 3 is 2.48 bits per heavy atom. The van der Waals surface area contributed by atoms with Gasteiger partial charge in [0.05, 0.1) is 9.92 Å². The van der Waals surface area contributed by atoms with Gasteiger partial charge in [0.15, 0.2) is 0 Å². The number of hydrogen-bond acceptors (Lipinski definition) is 3. The van der Waals surface area contributed by atoms with Crippen LogP contribution in [-0.4, -0.2) is 38.9 Å². The van der Waals surface area contributed by atoms with Crippen LogP contribution in [0.15, 0.2) is 27.6 Å². The molecule has 0 spiro atoms. The van der Waals surface area contributed by atoms with E-state index >= 15 is 0 Å². The minimum atomic E-state index is -3.64. The van der Waals surface area contributed by atoms with Crippen LogP contribution in [0.2, 0.25) is 5.02 Å². The zero-order chi connectivity index (χ0) is 16.0. The van der Waals surface area contributed by atoms with Crippen LogP contribution in [0.25, 0.3) is 0 Å². The average Bonchev–Trinajstić information content (AvgIpc) is 2.43. The van der Waals surface area contributed by atoms with E-state index in [-0.39, 0.29) is 23.8 Å². The highest BCUT2D eigenvalue weighted by Crippen LogP contribution is 2.25. The third-order valence-corrected chi connectivity index (χ3v) is 5.62. The van der Waals surface area contributed by atoms with Crippen molar-refractivity contribution >= 4 is 43.5 Å². The standard InChI is InChI=1S/C13H18BrClN2O3S/c1-3-17(4-2)13(18)7-8-16-21(19,20)10-5-6-12(15)11(14)9-10/h5-6,9,16H,3-4,7-8H2,1-2H3. The lowest BCUT2D eigenvalue weighted by atomic mass is 10.3. The molecule has 5 nitrogen and oxygen atoms in total. The van der Waals surface area contributed by atoms with Gasteiger partial charge in [0.25, 0.3) is 0 Å². The Morgan fingerprint density at radius 2 is 1.95 bits per heavy atom. The minimum Gasteiger partial charge on any atom is -0.343 e. The lowest BCUT2D eigenvalue weighted by Gasteiger charge is -2.18. The smallest absolute Gasteiger partial charge is 0.240 e. The molecule has 0 aromatic heterocycles. The van der Waals surface area contributed by atoms with Crippen LogP contribution < -0.4 is 4.72 Å². The number of benzene rings is 1. The Hall–Kier alpha value is -0.630. The van der Waals surface area contributed by atoms with Crippen LogP contribution in [0.3, 0.4) is 0 Å². The van der Waals surface area contributed by atoms with E-state index in [1.165, 1.54) is 18.2 Å². The van der Waals surface area contributed by atoms with Crippen molar-refractivity contribution in [2.24, 2.45) is 0 Å². The van der Waals surface area contributed by atoms with Crippen molar-refractivity contribution < 1.29 is 13.2 Å². The van der Waals surface area contributed by atoms with Crippen LogP contribution in [0.4, 0.5) is 0 Å². The second-order valence-corrected chi connectivity index (χ2v) is 7.32. The highest BCUT2D eigenvalue weighted by atomic mass is 79.9. The predicted octanol–water partition coefficient (Wildman–Crippen LogP) is 2.64. The summed E-state index contributed by atoms with van der Waals surface area (Å²) in [7, 11) is -3.64. The summed E-state index contributed by atoms with van der Waals surface area (Å²) in [6, 6.07) is 4.35. The van der Waals surface area contributed by atoms with Gasteiger partial charge in [-0.05, 0) is 48.0 Å². The first-order valence-electron chi connectivity index (χ1n) is 6.54. The van der Waals surface area contributed by atoms with Gasteiger partial charge in [-0.15, -0.1) is 0 Å². The monoisotopic (exact) mass is 396 g/mol. The molecular weight excluding hydrogens is 380 g/mol. The summed E-state index contributed by atoms with van der Waals surface area (Å²) in [5, 5.41) is 0.436. The highest BCUT2D eigenvalue weighted by Gasteiger charge is 2.16. The first-order valence-corrected chi connectivity index (χ1v) is 9.19. The second-order valence-electron chi connectivity index (χ2n) is 4.29. The third-order valence-electron chi connectivity index (χ3n) is 2.95. The molecule has 118 valence electrons. The molecule has 0 aliphatic rings. The van der Waals surface area contributed by atoms with Gasteiger partial charge < -0.3 is 4.90 Å². The molecular formula is C13H18BrClN2O3S. The Kier molecular flexibility index (Phi) is 7.12. The Bertz CT molecular complexity index is 603. The first-order chi connectivity index (χ1) is 9.81. The van der Waals surface area contributed by atoms with E-state index in [0.29, 0.717) is 22.6 Å². The Morgan fingerprint density at radius 1 is 1.33 bits per heavy atom. The van der Waals surface area contributed by atoms with Gasteiger partial charge in [0.2, 0.25) is 15.9 Å². The molecule has 0 bridgehead atoms. The SMILES string of the molecule is CCN(CC)C(=O)CCNS(=O)(=O)c1ccc(Cl)c(Br)c1. The topological polar surface area (TPSA) is 66.5 Å². The van der Waals surface area contributed by atoms with E-state index in [2.05, 4.69) is 20.7 Å². The molecule has 0 heterocycles. The fourth-order valence-corrected chi connectivity index (χ4v) is 3.46. The average molecular weight is 398 g/mol. The van der Waals surface area contributed by atoms with Gasteiger partial charge in [-0.2, -0.15) is 0 Å². The maximum atomic E-state index is 12.1. The number of hydrogen-bond donors (Lipinski definition) is 1. The van der Waals surface area contributed by atoms with E-state index in [0.717, 1.165) is 0 Å². The lowest BCUT2D eigenvalue weighted by molar-refractivity contribution is -0.130. The summed E-state index contributed by atoms with van der Waals surface area (Å²) >= 11 is 9.01. The first kappa shape index (κ1) is 18.4. The van der Waals surface area contributed by atoms with Crippen LogP contribution in [0, 0.1) is 0 Å². The van der Waals surface area contributed by atoms with Crippen molar-refractivity contribution in [3.63, 3.8) is 0 Å². The van der Waals surface area contributed by atoms with Gasteiger partial charge in [-0.3, -0.25) is 4.79 Å². The van der Waals surface area contributed by atoms with Crippen LogP contribution in [0.1, 0.15) is 20.3 Å². The fourth-order valence-electron chi connectivity index (χ4n) is 1.75. The normalized spacial score (nSPS) is 11.4. The van der Waals surface area contributed by atoms with Gasteiger partial charge in [0, 0.05) is 30.5 Å². The molecule has 0 saturated heterocycles. The number of carbonyl (C=O) groups excluding carboxylic acids is 1. The molecule has 1 rings (SSSR count). The number of nitrogens with zero attached hydrogens (tertiary/aromatic N) is 1. The Balaban J connectivity index is 2.65. The summed E-state index contributed by atoms with van der Waals surface area (Å²) in [5.41, 5.74) is 0. The highest BCUT2D eigenvalue weighted by molar-refractivity contribution is 9.10. The molecule has 1 aromatic rings. The molecule has 0 fully saturated rings. The van der Waals surface area contributed by atoms with Gasteiger partial charge in [-0.25, -0.2) is 13.1 Å². The van der Waals surface area contributed by atoms with Crippen molar-refractivity contribution in [2.45, 2.75) is 25.2 Å². The van der Waals surface area contributed by atoms with Crippen molar-refractivity contribution in [3.05, 3.63) is 27.7 Å². The van der Waals surface area contributed by atoms with E-state index < -0.39 is 10.0 Å². The second kappa shape index (κ2) is 8.12. The predicted molar refractivity (Wildman–Crippen MR) is 86.9 cm³/mol. The molecule has 1 amide bonds. The largest absolute Gasteiger partial charge is 0.343 e. The molecule has 1 aromatic carbocycles.